The molecule has 0 aromatic heterocycles. The van der Waals surface area contributed by atoms with Gasteiger partial charge >= 0.3 is 6.03 Å². The van der Waals surface area contributed by atoms with E-state index in [-0.39, 0.29) is 5.69 Å². The second kappa shape index (κ2) is 7.10. The van der Waals surface area contributed by atoms with Gasteiger partial charge in [-0.2, -0.15) is 0 Å². The molecule has 9 nitrogen and oxygen atoms in total. The van der Waals surface area contributed by atoms with Crippen molar-refractivity contribution in [3.05, 3.63) is 69.8 Å². The number of para-hydroxylation sites is 1. The lowest BCUT2D eigenvalue weighted by Gasteiger charge is -2.22. The molecule has 3 rings (SSSR count). The van der Waals surface area contributed by atoms with Crippen LogP contribution in [0.2, 0.25) is 0 Å². The summed E-state index contributed by atoms with van der Waals surface area (Å²) in [5.41, 5.74) is 0.299. The molecule has 2 aromatic carbocycles. The Labute approximate surface area is 160 Å². The van der Waals surface area contributed by atoms with Crippen LogP contribution in [0.25, 0.3) is 0 Å². The number of benzene rings is 2. The van der Waals surface area contributed by atoms with E-state index in [1.165, 1.54) is 31.2 Å². The Morgan fingerprint density at radius 3 is 2.43 bits per heavy atom. The monoisotopic (exact) mass is 382 g/mol. The number of amides is 4. The van der Waals surface area contributed by atoms with Crippen molar-refractivity contribution in [1.29, 1.82) is 0 Å². The molecule has 2 N–H and O–H groups in total. The molecule has 0 bridgehead atoms. The average molecular weight is 382 g/mol. The molecule has 1 aliphatic rings. The van der Waals surface area contributed by atoms with Crippen molar-refractivity contribution in [2.24, 2.45) is 0 Å². The summed E-state index contributed by atoms with van der Waals surface area (Å²) >= 11 is 0. The number of non-ortho nitro benzene ring substituents is 1. The SMILES string of the molecule is Cc1ccccc1NC(=O)CN1C(=O)N[C@@](C)(c2ccc([N+](=O)[O-])cc2)C1=O. The lowest BCUT2D eigenvalue weighted by atomic mass is 9.92. The summed E-state index contributed by atoms with van der Waals surface area (Å²) in [4.78, 5) is 48.5. The zero-order valence-corrected chi connectivity index (χ0v) is 15.3. The van der Waals surface area contributed by atoms with Crippen LogP contribution in [0, 0.1) is 17.0 Å². The number of carbonyl (C=O) groups is 3. The van der Waals surface area contributed by atoms with E-state index in [1.54, 1.807) is 12.1 Å². The van der Waals surface area contributed by atoms with Crippen molar-refractivity contribution in [2.45, 2.75) is 19.4 Å². The molecule has 0 radical (unpaired) electrons. The number of nitrogens with one attached hydrogen (secondary N) is 2. The van der Waals surface area contributed by atoms with E-state index in [1.807, 2.05) is 19.1 Å². The molecule has 1 fully saturated rings. The summed E-state index contributed by atoms with van der Waals surface area (Å²) < 4.78 is 0. The minimum atomic E-state index is -1.41. The van der Waals surface area contributed by atoms with E-state index in [0.717, 1.165) is 10.5 Å². The first-order valence-corrected chi connectivity index (χ1v) is 8.47. The van der Waals surface area contributed by atoms with E-state index in [4.69, 9.17) is 0 Å². The van der Waals surface area contributed by atoms with Gasteiger partial charge in [0.15, 0.2) is 0 Å². The molecule has 4 amide bonds. The summed E-state index contributed by atoms with van der Waals surface area (Å²) in [5, 5.41) is 16.0. The molecular weight excluding hydrogens is 364 g/mol. The second-order valence-corrected chi connectivity index (χ2v) is 6.61. The topological polar surface area (TPSA) is 122 Å². The third-order valence-electron chi connectivity index (χ3n) is 4.65. The molecule has 9 heteroatoms. The molecule has 144 valence electrons. The maximum absolute atomic E-state index is 12.8. The highest BCUT2D eigenvalue weighted by atomic mass is 16.6. The van der Waals surface area contributed by atoms with Gasteiger partial charge in [-0.1, -0.05) is 18.2 Å². The average Bonchev–Trinajstić information content (AvgIpc) is 2.88. The number of imide groups is 1. The summed E-state index contributed by atoms with van der Waals surface area (Å²) in [6.45, 7) is 2.88. The fourth-order valence-electron chi connectivity index (χ4n) is 3.00. The molecule has 0 aliphatic carbocycles. The molecular formula is C19H18N4O5. The van der Waals surface area contributed by atoms with E-state index >= 15 is 0 Å². The third-order valence-corrected chi connectivity index (χ3v) is 4.65. The number of aryl methyl sites for hydroxylation is 1. The van der Waals surface area contributed by atoms with Crippen LogP contribution in [0.3, 0.4) is 0 Å². The minimum Gasteiger partial charge on any atom is -0.324 e. The number of carbonyl (C=O) groups excluding carboxylic acids is 3. The fourth-order valence-corrected chi connectivity index (χ4v) is 3.00. The van der Waals surface area contributed by atoms with Crippen molar-refractivity contribution < 1.29 is 19.3 Å². The number of rotatable bonds is 5. The molecule has 0 spiro atoms. The molecule has 0 unspecified atom stereocenters. The molecule has 1 saturated heterocycles. The largest absolute Gasteiger partial charge is 0.325 e. The van der Waals surface area contributed by atoms with Crippen LogP contribution in [0.5, 0.6) is 0 Å². The zero-order valence-electron chi connectivity index (χ0n) is 15.3. The predicted molar refractivity (Wildman–Crippen MR) is 101 cm³/mol. The number of nitro benzene ring substituents is 1. The Bertz CT molecular complexity index is 973. The zero-order chi connectivity index (χ0) is 20.5. The summed E-state index contributed by atoms with van der Waals surface area (Å²) in [6.07, 6.45) is 0. The Morgan fingerprint density at radius 1 is 1.18 bits per heavy atom. The van der Waals surface area contributed by atoms with Gasteiger partial charge in [0, 0.05) is 17.8 Å². The lowest BCUT2D eigenvalue weighted by Crippen LogP contribution is -2.42. The van der Waals surface area contributed by atoms with Gasteiger partial charge in [-0.05, 0) is 43.2 Å². The van der Waals surface area contributed by atoms with E-state index in [2.05, 4.69) is 10.6 Å². The van der Waals surface area contributed by atoms with Gasteiger partial charge in [-0.15, -0.1) is 0 Å². The Balaban J connectivity index is 1.76. The fraction of sp³-hybridized carbons (Fsp3) is 0.211. The number of nitrogens with zero attached hydrogens (tertiary/aromatic N) is 2. The highest BCUT2D eigenvalue weighted by molar-refractivity contribution is 6.10. The van der Waals surface area contributed by atoms with E-state index < -0.39 is 34.9 Å². The molecule has 1 heterocycles. The van der Waals surface area contributed by atoms with Gasteiger partial charge in [0.1, 0.15) is 12.1 Å². The normalized spacial score (nSPS) is 18.7. The minimum absolute atomic E-state index is 0.126. The van der Waals surface area contributed by atoms with Crippen molar-refractivity contribution >= 4 is 29.2 Å². The standard InChI is InChI=1S/C19H18N4O5/c1-12-5-3-4-6-15(12)20-16(24)11-22-17(25)19(2,21-18(22)26)13-7-9-14(10-8-13)23(27)28/h3-10H,11H2,1-2H3,(H,20,24)(H,21,26)/t19-/m0/s1. The van der Waals surface area contributed by atoms with E-state index in [0.29, 0.717) is 11.3 Å². The van der Waals surface area contributed by atoms with Crippen LogP contribution in [0.15, 0.2) is 48.5 Å². The first-order valence-electron chi connectivity index (χ1n) is 8.47. The van der Waals surface area contributed by atoms with Crippen LogP contribution in [0.4, 0.5) is 16.2 Å². The number of anilines is 1. The van der Waals surface area contributed by atoms with Crippen molar-refractivity contribution in [2.75, 3.05) is 11.9 Å². The van der Waals surface area contributed by atoms with Crippen molar-refractivity contribution in [1.82, 2.24) is 10.2 Å². The molecule has 28 heavy (non-hydrogen) atoms. The van der Waals surface area contributed by atoms with Gasteiger partial charge in [0.2, 0.25) is 5.91 Å². The first-order chi connectivity index (χ1) is 13.2. The number of hydrogen-bond acceptors (Lipinski definition) is 5. The van der Waals surface area contributed by atoms with Crippen molar-refractivity contribution in [3.8, 4) is 0 Å². The van der Waals surface area contributed by atoms with Gasteiger partial charge in [0.25, 0.3) is 11.6 Å². The van der Waals surface area contributed by atoms with Crippen molar-refractivity contribution in [3.63, 3.8) is 0 Å². The number of hydrogen-bond donors (Lipinski definition) is 2. The van der Waals surface area contributed by atoms with E-state index in [9.17, 15) is 24.5 Å². The van der Waals surface area contributed by atoms with Gasteiger partial charge in [0.05, 0.1) is 4.92 Å². The van der Waals surface area contributed by atoms with Crippen LogP contribution in [-0.4, -0.2) is 34.2 Å². The Kier molecular flexibility index (Phi) is 4.83. The van der Waals surface area contributed by atoms with Gasteiger partial charge in [-0.3, -0.25) is 24.6 Å². The van der Waals surface area contributed by atoms with Crippen LogP contribution >= 0.6 is 0 Å². The first kappa shape index (κ1) is 19.0. The second-order valence-electron chi connectivity index (χ2n) is 6.61. The summed E-state index contributed by atoms with van der Waals surface area (Å²) in [5.74, 6) is -1.11. The van der Waals surface area contributed by atoms with Gasteiger partial charge < -0.3 is 10.6 Å². The smallest absolute Gasteiger partial charge is 0.324 e. The Hall–Kier alpha value is -3.75. The summed E-state index contributed by atoms with van der Waals surface area (Å²) in [7, 11) is 0. The maximum atomic E-state index is 12.8. The molecule has 1 atom stereocenters. The van der Waals surface area contributed by atoms with Crippen LogP contribution in [0.1, 0.15) is 18.1 Å². The Morgan fingerprint density at radius 2 is 1.82 bits per heavy atom. The number of nitro groups is 1. The summed E-state index contributed by atoms with van der Waals surface area (Å²) in [6, 6.07) is 11.8. The van der Waals surface area contributed by atoms with Crippen LogP contribution in [-0.2, 0) is 15.1 Å². The quantitative estimate of drug-likeness (QED) is 0.467. The molecule has 0 saturated carbocycles. The highest BCUT2D eigenvalue weighted by Crippen LogP contribution is 2.30. The van der Waals surface area contributed by atoms with Crippen LogP contribution < -0.4 is 10.6 Å². The lowest BCUT2D eigenvalue weighted by molar-refractivity contribution is -0.384. The third kappa shape index (κ3) is 3.41. The predicted octanol–water partition coefficient (Wildman–Crippen LogP) is 2.31. The number of urea groups is 1. The van der Waals surface area contributed by atoms with Gasteiger partial charge in [-0.25, -0.2) is 4.79 Å². The maximum Gasteiger partial charge on any atom is 0.325 e. The molecule has 2 aromatic rings. The highest BCUT2D eigenvalue weighted by Gasteiger charge is 2.49. The molecule has 1 aliphatic heterocycles.